The molecule has 0 radical (unpaired) electrons. The predicted octanol–water partition coefficient (Wildman–Crippen LogP) is 4.06. The number of anilines is 1. The van der Waals surface area contributed by atoms with Crippen LogP contribution in [0.3, 0.4) is 0 Å². The minimum absolute atomic E-state index is 0.692. The average Bonchev–Trinajstić information content (AvgIpc) is 3.08. The lowest BCUT2D eigenvalue weighted by Gasteiger charge is -2.09. The van der Waals surface area contributed by atoms with Gasteiger partial charge in [0.2, 0.25) is 0 Å². The van der Waals surface area contributed by atoms with E-state index in [1.165, 1.54) is 5.56 Å². The van der Waals surface area contributed by atoms with Gasteiger partial charge < -0.3 is 0 Å². The highest BCUT2D eigenvalue weighted by molar-refractivity contribution is 6.04. The summed E-state index contributed by atoms with van der Waals surface area (Å²) in [5, 5.41) is 13.2. The maximum Gasteiger partial charge on any atom is 0.182 e. The normalized spacial score (nSPS) is 11.6. The molecule has 3 aromatic carbocycles. The number of hydrazone groups is 1. The molecule has 0 unspecified atom stereocenters. The molecule has 0 bridgehead atoms. The third-order valence-corrected chi connectivity index (χ3v) is 3.93. The number of benzene rings is 3. The van der Waals surface area contributed by atoms with Gasteiger partial charge in [0.05, 0.1) is 11.2 Å². The van der Waals surface area contributed by atoms with E-state index in [0.29, 0.717) is 5.84 Å². The third-order valence-electron chi connectivity index (χ3n) is 3.93. The summed E-state index contributed by atoms with van der Waals surface area (Å²) in [5.74, 6) is 0.692. The van der Waals surface area contributed by atoms with Gasteiger partial charge in [0.15, 0.2) is 5.84 Å². The smallest absolute Gasteiger partial charge is 0.182 e. The lowest BCUT2D eigenvalue weighted by atomic mass is 10.1. The molecule has 0 atom stereocenters. The first-order valence-corrected chi connectivity index (χ1v) is 8.08. The van der Waals surface area contributed by atoms with Crippen molar-refractivity contribution < 1.29 is 0 Å². The maximum atomic E-state index is 4.61. The zero-order chi connectivity index (χ0) is 17.1. The standard InChI is InChI=1S/C20H17N5/c1-15-11-13-16(14-12-15)20(23-21-17-7-3-2-4-8-17)25-19-10-6-5-9-18(19)22-24-25/h2-14,21H,1H3. The van der Waals surface area contributed by atoms with E-state index in [4.69, 9.17) is 0 Å². The SMILES string of the molecule is Cc1ccc(C(=NNc2ccccc2)n2nnc3ccccc32)cc1. The Balaban J connectivity index is 1.82. The zero-order valence-electron chi connectivity index (χ0n) is 13.8. The molecule has 0 fully saturated rings. The number of aromatic nitrogens is 3. The van der Waals surface area contributed by atoms with Gasteiger partial charge in [0.25, 0.3) is 0 Å². The highest BCUT2D eigenvalue weighted by Gasteiger charge is 2.12. The van der Waals surface area contributed by atoms with E-state index in [1.54, 1.807) is 4.68 Å². The summed E-state index contributed by atoms with van der Waals surface area (Å²) >= 11 is 0. The Morgan fingerprint density at radius 3 is 2.40 bits per heavy atom. The average molecular weight is 327 g/mol. The Kier molecular flexibility index (Phi) is 3.96. The van der Waals surface area contributed by atoms with Gasteiger partial charge in [0.1, 0.15) is 5.52 Å². The molecule has 25 heavy (non-hydrogen) atoms. The predicted molar refractivity (Wildman–Crippen MR) is 101 cm³/mol. The van der Waals surface area contributed by atoms with E-state index in [0.717, 1.165) is 22.3 Å². The number of hydrogen-bond acceptors (Lipinski definition) is 4. The molecule has 0 saturated heterocycles. The molecular weight excluding hydrogens is 310 g/mol. The van der Waals surface area contributed by atoms with Crippen LogP contribution in [0.5, 0.6) is 0 Å². The largest absolute Gasteiger partial charge is 0.276 e. The van der Waals surface area contributed by atoms with E-state index in [1.807, 2.05) is 66.7 Å². The molecule has 5 heteroatoms. The Morgan fingerprint density at radius 1 is 0.880 bits per heavy atom. The molecule has 5 nitrogen and oxygen atoms in total. The van der Waals surface area contributed by atoms with Gasteiger partial charge in [-0.25, -0.2) is 0 Å². The number of para-hydroxylation sites is 2. The Labute approximate surface area is 145 Å². The van der Waals surface area contributed by atoms with E-state index >= 15 is 0 Å². The maximum absolute atomic E-state index is 4.61. The van der Waals surface area contributed by atoms with Gasteiger partial charge in [-0.05, 0) is 31.2 Å². The van der Waals surface area contributed by atoms with Crippen LogP contribution in [0.1, 0.15) is 11.1 Å². The van der Waals surface area contributed by atoms with Gasteiger partial charge in [-0.15, -0.1) is 5.10 Å². The Bertz CT molecular complexity index is 1020. The van der Waals surface area contributed by atoms with Crippen molar-refractivity contribution in [3.63, 3.8) is 0 Å². The van der Waals surface area contributed by atoms with E-state index in [-0.39, 0.29) is 0 Å². The monoisotopic (exact) mass is 327 g/mol. The van der Waals surface area contributed by atoms with Crippen LogP contribution >= 0.6 is 0 Å². The summed E-state index contributed by atoms with van der Waals surface area (Å²) in [4.78, 5) is 0. The van der Waals surface area contributed by atoms with Crippen LogP contribution in [0.4, 0.5) is 5.69 Å². The molecule has 1 heterocycles. The molecule has 0 aliphatic heterocycles. The number of nitrogens with zero attached hydrogens (tertiary/aromatic N) is 4. The first-order chi connectivity index (χ1) is 12.3. The molecule has 122 valence electrons. The van der Waals surface area contributed by atoms with Crippen molar-refractivity contribution in [1.29, 1.82) is 0 Å². The van der Waals surface area contributed by atoms with Gasteiger partial charge in [-0.3, -0.25) is 5.43 Å². The van der Waals surface area contributed by atoms with Gasteiger partial charge in [-0.1, -0.05) is 65.4 Å². The second kappa shape index (κ2) is 6.57. The van der Waals surface area contributed by atoms with Crippen LogP contribution in [0.2, 0.25) is 0 Å². The van der Waals surface area contributed by atoms with E-state index < -0.39 is 0 Å². The molecule has 4 rings (SSSR count). The van der Waals surface area contributed by atoms with Crippen molar-refractivity contribution in [2.45, 2.75) is 6.92 Å². The topological polar surface area (TPSA) is 55.1 Å². The zero-order valence-corrected chi connectivity index (χ0v) is 13.8. The second-order valence-electron chi connectivity index (χ2n) is 5.77. The van der Waals surface area contributed by atoms with Crippen LogP contribution in [0, 0.1) is 6.92 Å². The first-order valence-electron chi connectivity index (χ1n) is 8.08. The summed E-state index contributed by atoms with van der Waals surface area (Å²) in [7, 11) is 0. The molecule has 0 aliphatic rings. The summed E-state index contributed by atoms with van der Waals surface area (Å²) in [6.07, 6.45) is 0. The number of aryl methyl sites for hydroxylation is 1. The third kappa shape index (κ3) is 3.12. The molecule has 0 spiro atoms. The van der Waals surface area contributed by atoms with Gasteiger partial charge in [-0.2, -0.15) is 9.78 Å². The summed E-state index contributed by atoms with van der Waals surface area (Å²) in [6, 6.07) is 25.9. The number of rotatable bonds is 3. The van der Waals surface area contributed by atoms with Crippen molar-refractivity contribution in [1.82, 2.24) is 15.0 Å². The molecule has 4 aromatic rings. The van der Waals surface area contributed by atoms with Crippen LogP contribution < -0.4 is 5.43 Å². The molecule has 0 amide bonds. The number of nitrogens with one attached hydrogen (secondary N) is 1. The molecule has 0 aliphatic carbocycles. The van der Waals surface area contributed by atoms with Crippen LogP contribution in [0.15, 0.2) is 84.0 Å². The van der Waals surface area contributed by atoms with Crippen LogP contribution in [-0.2, 0) is 0 Å². The van der Waals surface area contributed by atoms with Crippen molar-refractivity contribution in [3.05, 3.63) is 90.0 Å². The minimum atomic E-state index is 0.692. The summed E-state index contributed by atoms with van der Waals surface area (Å²) in [5.41, 5.74) is 7.93. The molecule has 1 N–H and O–H groups in total. The lowest BCUT2D eigenvalue weighted by molar-refractivity contribution is 0.859. The van der Waals surface area contributed by atoms with Crippen LogP contribution in [0.25, 0.3) is 11.0 Å². The fourth-order valence-electron chi connectivity index (χ4n) is 2.59. The van der Waals surface area contributed by atoms with Crippen LogP contribution in [-0.4, -0.2) is 20.8 Å². The first kappa shape index (κ1) is 15.1. The number of hydrogen-bond donors (Lipinski definition) is 1. The fourth-order valence-corrected chi connectivity index (χ4v) is 2.59. The van der Waals surface area contributed by atoms with E-state index in [2.05, 4.69) is 39.9 Å². The second-order valence-corrected chi connectivity index (χ2v) is 5.77. The summed E-state index contributed by atoms with van der Waals surface area (Å²) in [6.45, 7) is 2.06. The molecule has 1 aromatic heterocycles. The van der Waals surface area contributed by atoms with Crippen molar-refractivity contribution >= 4 is 22.6 Å². The van der Waals surface area contributed by atoms with Crippen molar-refractivity contribution in [2.24, 2.45) is 5.10 Å². The van der Waals surface area contributed by atoms with Crippen molar-refractivity contribution in [2.75, 3.05) is 5.43 Å². The fraction of sp³-hybridized carbons (Fsp3) is 0.0500. The molecular formula is C20H17N5. The molecule has 0 saturated carbocycles. The quantitative estimate of drug-likeness (QED) is 0.351. The van der Waals surface area contributed by atoms with Gasteiger partial charge >= 0.3 is 0 Å². The lowest BCUT2D eigenvalue weighted by Crippen LogP contribution is -2.17. The Morgan fingerprint density at radius 2 is 1.60 bits per heavy atom. The van der Waals surface area contributed by atoms with Crippen molar-refractivity contribution in [3.8, 4) is 0 Å². The highest BCUT2D eigenvalue weighted by atomic mass is 15.5. The summed E-state index contributed by atoms with van der Waals surface area (Å²) < 4.78 is 1.76. The van der Waals surface area contributed by atoms with E-state index in [9.17, 15) is 0 Å². The van der Waals surface area contributed by atoms with Gasteiger partial charge in [0, 0.05) is 5.56 Å². The minimum Gasteiger partial charge on any atom is -0.276 e. The Hall–Kier alpha value is -3.47. The number of fused-ring (bicyclic) bond motifs is 1. The highest BCUT2D eigenvalue weighted by Crippen LogP contribution is 2.14.